The minimum atomic E-state index is -0.482. The van der Waals surface area contributed by atoms with E-state index in [1.165, 1.54) is 17.7 Å². The van der Waals surface area contributed by atoms with Crippen molar-refractivity contribution in [3.63, 3.8) is 0 Å². The number of para-hydroxylation sites is 1. The summed E-state index contributed by atoms with van der Waals surface area (Å²) < 4.78 is 13.6. The van der Waals surface area contributed by atoms with Crippen molar-refractivity contribution < 1.29 is 9.18 Å². The zero-order valence-corrected chi connectivity index (χ0v) is 13.8. The summed E-state index contributed by atoms with van der Waals surface area (Å²) >= 11 is 0. The predicted molar refractivity (Wildman–Crippen MR) is 97.7 cm³/mol. The van der Waals surface area contributed by atoms with E-state index in [9.17, 15) is 9.18 Å². The molecule has 0 bridgehead atoms. The minimum Gasteiger partial charge on any atom is -0.354 e. The fraction of sp³-hybridized carbons (Fsp3) is 0.100. The second-order valence-electron chi connectivity index (χ2n) is 5.54. The Morgan fingerprint density at radius 2 is 1.72 bits per heavy atom. The SMILES string of the molecule is CCc1ccc(Nc2ccc(C(=O)Nc3ccccc3F)nc2)cc1. The number of hydrogen-bond acceptors (Lipinski definition) is 3. The van der Waals surface area contributed by atoms with Crippen LogP contribution in [0.25, 0.3) is 0 Å². The number of aryl methyl sites for hydroxylation is 1. The Morgan fingerprint density at radius 3 is 2.36 bits per heavy atom. The van der Waals surface area contributed by atoms with Gasteiger partial charge in [0.25, 0.3) is 5.91 Å². The fourth-order valence-electron chi connectivity index (χ4n) is 2.34. The van der Waals surface area contributed by atoms with E-state index < -0.39 is 11.7 Å². The Hall–Kier alpha value is -3.21. The van der Waals surface area contributed by atoms with Gasteiger partial charge in [0.15, 0.2) is 0 Å². The van der Waals surface area contributed by atoms with Gasteiger partial charge < -0.3 is 10.6 Å². The van der Waals surface area contributed by atoms with E-state index in [2.05, 4.69) is 34.7 Å². The van der Waals surface area contributed by atoms with Crippen LogP contribution in [0.2, 0.25) is 0 Å². The summed E-state index contributed by atoms with van der Waals surface area (Å²) in [6, 6.07) is 17.5. The molecule has 2 aromatic carbocycles. The van der Waals surface area contributed by atoms with Crippen LogP contribution in [-0.4, -0.2) is 10.9 Å². The minimum absolute atomic E-state index is 0.132. The Labute approximate surface area is 145 Å². The second kappa shape index (κ2) is 7.57. The highest BCUT2D eigenvalue weighted by molar-refractivity contribution is 6.03. The molecule has 3 aromatic rings. The van der Waals surface area contributed by atoms with Crippen LogP contribution in [0.1, 0.15) is 23.0 Å². The molecule has 3 rings (SSSR count). The van der Waals surface area contributed by atoms with Crippen LogP contribution in [0.3, 0.4) is 0 Å². The first-order valence-electron chi connectivity index (χ1n) is 8.03. The normalized spacial score (nSPS) is 10.3. The second-order valence-corrected chi connectivity index (χ2v) is 5.54. The van der Waals surface area contributed by atoms with Gasteiger partial charge in [-0.3, -0.25) is 4.79 Å². The van der Waals surface area contributed by atoms with Crippen molar-refractivity contribution in [1.82, 2.24) is 4.98 Å². The maximum atomic E-state index is 13.6. The van der Waals surface area contributed by atoms with Gasteiger partial charge in [0.2, 0.25) is 0 Å². The Bertz CT molecular complexity index is 861. The maximum Gasteiger partial charge on any atom is 0.274 e. The van der Waals surface area contributed by atoms with Crippen LogP contribution in [-0.2, 0) is 6.42 Å². The van der Waals surface area contributed by atoms with Crippen LogP contribution in [0.5, 0.6) is 0 Å². The fourth-order valence-corrected chi connectivity index (χ4v) is 2.34. The number of rotatable bonds is 5. The topological polar surface area (TPSA) is 54.0 Å². The lowest BCUT2D eigenvalue weighted by molar-refractivity contribution is 0.102. The lowest BCUT2D eigenvalue weighted by Gasteiger charge is -2.08. The Balaban J connectivity index is 1.67. The third-order valence-corrected chi connectivity index (χ3v) is 3.77. The van der Waals surface area contributed by atoms with Crippen LogP contribution < -0.4 is 10.6 Å². The molecule has 0 radical (unpaired) electrons. The van der Waals surface area contributed by atoms with Gasteiger partial charge in [-0.25, -0.2) is 9.37 Å². The van der Waals surface area contributed by atoms with Gasteiger partial charge in [-0.2, -0.15) is 0 Å². The van der Waals surface area contributed by atoms with Crippen LogP contribution >= 0.6 is 0 Å². The molecule has 0 saturated carbocycles. The summed E-state index contributed by atoms with van der Waals surface area (Å²) in [6.07, 6.45) is 2.57. The maximum absolute atomic E-state index is 13.6. The summed E-state index contributed by atoms with van der Waals surface area (Å²) in [5, 5.41) is 5.74. The molecule has 0 spiro atoms. The molecule has 0 saturated heterocycles. The lowest BCUT2D eigenvalue weighted by atomic mass is 10.1. The molecule has 0 unspecified atom stereocenters. The Morgan fingerprint density at radius 1 is 1.00 bits per heavy atom. The highest BCUT2D eigenvalue weighted by Gasteiger charge is 2.10. The van der Waals surface area contributed by atoms with Gasteiger partial charge in [0.1, 0.15) is 11.5 Å². The molecular weight excluding hydrogens is 317 g/mol. The first kappa shape index (κ1) is 16.6. The quantitative estimate of drug-likeness (QED) is 0.705. The zero-order valence-electron chi connectivity index (χ0n) is 13.8. The number of nitrogens with zero attached hydrogens (tertiary/aromatic N) is 1. The first-order chi connectivity index (χ1) is 12.2. The molecule has 25 heavy (non-hydrogen) atoms. The zero-order chi connectivity index (χ0) is 17.6. The molecule has 0 aliphatic rings. The summed E-state index contributed by atoms with van der Waals surface area (Å²) in [4.78, 5) is 16.3. The monoisotopic (exact) mass is 335 g/mol. The molecule has 1 heterocycles. The average Bonchev–Trinajstić information content (AvgIpc) is 2.65. The lowest BCUT2D eigenvalue weighted by Crippen LogP contribution is -2.14. The first-order valence-corrected chi connectivity index (χ1v) is 8.03. The van der Waals surface area contributed by atoms with Crippen LogP contribution in [0.15, 0.2) is 66.9 Å². The number of pyridine rings is 1. The molecule has 2 N–H and O–H groups in total. The predicted octanol–water partition coefficient (Wildman–Crippen LogP) is 4.78. The Kier molecular flexibility index (Phi) is 5.04. The van der Waals surface area contributed by atoms with Gasteiger partial charge in [0.05, 0.1) is 17.6 Å². The summed E-state index contributed by atoms with van der Waals surface area (Å²) in [5.74, 6) is -0.936. The molecule has 4 nitrogen and oxygen atoms in total. The molecule has 1 aromatic heterocycles. The van der Waals surface area contributed by atoms with E-state index in [-0.39, 0.29) is 11.4 Å². The molecular formula is C20H18FN3O. The number of benzene rings is 2. The van der Waals surface area contributed by atoms with Crippen molar-refractivity contribution in [2.45, 2.75) is 13.3 Å². The van der Waals surface area contributed by atoms with Crippen molar-refractivity contribution in [3.05, 3.63) is 83.9 Å². The van der Waals surface area contributed by atoms with Crippen molar-refractivity contribution in [1.29, 1.82) is 0 Å². The number of aromatic nitrogens is 1. The molecule has 0 aliphatic heterocycles. The van der Waals surface area contributed by atoms with E-state index in [0.29, 0.717) is 0 Å². The summed E-state index contributed by atoms with van der Waals surface area (Å²) in [6.45, 7) is 2.11. The number of hydrogen-bond donors (Lipinski definition) is 2. The number of nitrogens with one attached hydrogen (secondary N) is 2. The molecule has 0 atom stereocenters. The van der Waals surface area contributed by atoms with Crippen molar-refractivity contribution >= 4 is 23.0 Å². The number of anilines is 3. The summed E-state index contributed by atoms with van der Waals surface area (Å²) in [7, 11) is 0. The average molecular weight is 335 g/mol. The van der Waals surface area contributed by atoms with Gasteiger partial charge in [-0.05, 0) is 48.4 Å². The van der Waals surface area contributed by atoms with Crippen LogP contribution in [0.4, 0.5) is 21.5 Å². The number of amides is 1. The van der Waals surface area contributed by atoms with Gasteiger partial charge in [-0.15, -0.1) is 0 Å². The largest absolute Gasteiger partial charge is 0.354 e. The van der Waals surface area contributed by atoms with Crippen LogP contribution in [0, 0.1) is 5.82 Å². The molecule has 126 valence electrons. The van der Waals surface area contributed by atoms with E-state index in [1.807, 2.05) is 12.1 Å². The smallest absolute Gasteiger partial charge is 0.274 e. The van der Waals surface area contributed by atoms with Gasteiger partial charge in [-0.1, -0.05) is 31.2 Å². The van der Waals surface area contributed by atoms with Crippen molar-refractivity contribution in [2.75, 3.05) is 10.6 Å². The molecule has 1 amide bonds. The summed E-state index contributed by atoms with van der Waals surface area (Å²) in [5.41, 5.74) is 3.33. The number of carbonyl (C=O) groups is 1. The molecule has 5 heteroatoms. The van der Waals surface area contributed by atoms with E-state index in [0.717, 1.165) is 17.8 Å². The number of carbonyl (C=O) groups excluding carboxylic acids is 1. The molecule has 0 aliphatic carbocycles. The van der Waals surface area contributed by atoms with Crippen molar-refractivity contribution in [3.8, 4) is 0 Å². The highest BCUT2D eigenvalue weighted by Crippen LogP contribution is 2.18. The molecule has 0 fully saturated rings. The van der Waals surface area contributed by atoms with E-state index >= 15 is 0 Å². The van der Waals surface area contributed by atoms with E-state index in [4.69, 9.17) is 0 Å². The highest BCUT2D eigenvalue weighted by atomic mass is 19.1. The third kappa shape index (κ3) is 4.20. The van der Waals surface area contributed by atoms with E-state index in [1.54, 1.807) is 30.5 Å². The van der Waals surface area contributed by atoms with Crippen molar-refractivity contribution in [2.24, 2.45) is 0 Å². The van der Waals surface area contributed by atoms with Gasteiger partial charge >= 0.3 is 0 Å². The number of halogens is 1. The van der Waals surface area contributed by atoms with Gasteiger partial charge in [0, 0.05) is 5.69 Å². The standard InChI is InChI=1S/C20H18FN3O/c1-2-14-7-9-15(10-8-14)23-16-11-12-19(22-13-16)20(25)24-18-6-4-3-5-17(18)21/h3-13,23H,2H2,1H3,(H,24,25). The third-order valence-electron chi connectivity index (χ3n) is 3.77.